The lowest BCUT2D eigenvalue weighted by Gasteiger charge is -2.23. The Morgan fingerprint density at radius 3 is 2.59 bits per heavy atom. The van der Waals surface area contributed by atoms with Crippen molar-refractivity contribution < 1.29 is 27.1 Å². The fraction of sp³-hybridized carbons (Fsp3) is 0.300. The van der Waals surface area contributed by atoms with Crippen LogP contribution in [0.15, 0.2) is 42.5 Å². The van der Waals surface area contributed by atoms with E-state index in [0.29, 0.717) is 11.3 Å². The maximum atomic E-state index is 14.1. The second-order valence-corrected chi connectivity index (χ2v) is 7.72. The van der Waals surface area contributed by atoms with Crippen LogP contribution in [0.4, 0.5) is 22.7 Å². The topological polar surface area (TPSA) is 42.4 Å². The van der Waals surface area contributed by atoms with Gasteiger partial charge in [0.15, 0.2) is 5.13 Å². The van der Waals surface area contributed by atoms with Crippen LogP contribution in [0.5, 0.6) is 0 Å². The largest absolute Gasteiger partial charge is 0.416 e. The van der Waals surface area contributed by atoms with Crippen molar-refractivity contribution >= 4 is 32.6 Å². The molecule has 0 radical (unpaired) electrons. The van der Waals surface area contributed by atoms with E-state index in [9.17, 15) is 22.4 Å². The van der Waals surface area contributed by atoms with E-state index < -0.39 is 23.5 Å². The Morgan fingerprint density at radius 1 is 1.21 bits per heavy atom. The van der Waals surface area contributed by atoms with Gasteiger partial charge in [-0.1, -0.05) is 17.4 Å². The molecule has 4 nitrogen and oxygen atoms in total. The SMILES string of the molecule is O=C(c1ccc(C(F)(F)F)cc1)N(CC1CCCO1)c1nc2c(F)cccc2s1. The number of hydrogen-bond donors (Lipinski definition) is 0. The minimum Gasteiger partial charge on any atom is -0.376 e. The van der Waals surface area contributed by atoms with Crippen molar-refractivity contribution in [3.05, 3.63) is 59.4 Å². The fourth-order valence-corrected chi connectivity index (χ4v) is 4.20. The van der Waals surface area contributed by atoms with Gasteiger partial charge in [0.05, 0.1) is 22.9 Å². The number of amides is 1. The Labute approximate surface area is 167 Å². The van der Waals surface area contributed by atoms with Crippen LogP contribution in [0.1, 0.15) is 28.8 Å². The summed E-state index contributed by atoms with van der Waals surface area (Å²) < 4.78 is 58.7. The molecule has 1 saturated heterocycles. The highest BCUT2D eigenvalue weighted by atomic mass is 32.1. The van der Waals surface area contributed by atoms with Crippen LogP contribution in [0.2, 0.25) is 0 Å². The van der Waals surface area contributed by atoms with E-state index in [4.69, 9.17) is 4.74 Å². The standard InChI is InChI=1S/C20H16F4N2O2S/c21-15-4-1-5-16-17(15)25-19(29-16)26(11-14-3-2-10-28-14)18(27)12-6-8-13(9-7-12)20(22,23)24/h1,4-9,14H,2-3,10-11H2. The van der Waals surface area contributed by atoms with Crippen LogP contribution in [-0.4, -0.2) is 30.1 Å². The molecule has 0 spiro atoms. The lowest BCUT2D eigenvalue weighted by Crippen LogP contribution is -2.37. The molecular formula is C20H16F4N2O2S. The van der Waals surface area contributed by atoms with E-state index in [1.54, 1.807) is 12.1 Å². The fourth-order valence-electron chi connectivity index (χ4n) is 3.22. The van der Waals surface area contributed by atoms with E-state index in [2.05, 4.69) is 4.98 Å². The number of aromatic nitrogens is 1. The highest BCUT2D eigenvalue weighted by Crippen LogP contribution is 2.33. The van der Waals surface area contributed by atoms with Gasteiger partial charge in [0, 0.05) is 12.2 Å². The third-order valence-corrected chi connectivity index (χ3v) is 5.75. The number of para-hydroxylation sites is 1. The highest BCUT2D eigenvalue weighted by molar-refractivity contribution is 7.22. The molecule has 1 atom stereocenters. The molecule has 152 valence electrons. The molecule has 0 bridgehead atoms. The summed E-state index contributed by atoms with van der Waals surface area (Å²) in [6.07, 6.45) is -3.06. The first-order valence-corrected chi connectivity index (χ1v) is 9.80. The van der Waals surface area contributed by atoms with E-state index in [1.165, 1.54) is 11.0 Å². The van der Waals surface area contributed by atoms with Gasteiger partial charge in [-0.15, -0.1) is 0 Å². The maximum absolute atomic E-state index is 14.1. The summed E-state index contributed by atoms with van der Waals surface area (Å²) in [4.78, 5) is 18.8. The molecule has 1 aliphatic rings. The molecular weight excluding hydrogens is 408 g/mol. The Bertz CT molecular complexity index is 1030. The summed E-state index contributed by atoms with van der Waals surface area (Å²) in [5.41, 5.74) is -0.581. The maximum Gasteiger partial charge on any atom is 0.416 e. The molecule has 4 rings (SSSR count). The zero-order valence-electron chi connectivity index (χ0n) is 15.1. The monoisotopic (exact) mass is 424 g/mol. The Kier molecular flexibility index (Phi) is 5.26. The van der Waals surface area contributed by atoms with Crippen molar-refractivity contribution in [2.45, 2.75) is 25.1 Å². The molecule has 1 aromatic heterocycles. The molecule has 2 aromatic carbocycles. The molecule has 1 unspecified atom stereocenters. The van der Waals surface area contributed by atoms with Crippen molar-refractivity contribution in [3.8, 4) is 0 Å². The molecule has 1 fully saturated rings. The number of benzene rings is 2. The van der Waals surface area contributed by atoms with Crippen molar-refractivity contribution in [3.63, 3.8) is 0 Å². The first-order valence-electron chi connectivity index (χ1n) is 8.99. The first kappa shape index (κ1) is 19.8. The summed E-state index contributed by atoms with van der Waals surface area (Å²) in [7, 11) is 0. The number of nitrogens with zero attached hydrogens (tertiary/aromatic N) is 2. The molecule has 2 heterocycles. The second kappa shape index (κ2) is 7.72. The average molecular weight is 424 g/mol. The van der Waals surface area contributed by atoms with E-state index >= 15 is 0 Å². The predicted octanol–water partition coefficient (Wildman–Crippen LogP) is 5.28. The second-order valence-electron chi connectivity index (χ2n) is 6.71. The number of thiazole rings is 1. The van der Waals surface area contributed by atoms with Crippen LogP contribution < -0.4 is 4.90 Å². The number of halogens is 4. The number of rotatable bonds is 4. The number of carbonyl (C=O) groups is 1. The van der Waals surface area contributed by atoms with Gasteiger partial charge in [-0.05, 0) is 49.2 Å². The number of carbonyl (C=O) groups excluding carboxylic acids is 1. The molecule has 0 N–H and O–H groups in total. The molecule has 9 heteroatoms. The number of alkyl halides is 3. The van der Waals surface area contributed by atoms with E-state index in [0.717, 1.165) is 48.4 Å². The number of hydrogen-bond acceptors (Lipinski definition) is 4. The Balaban J connectivity index is 1.69. The third kappa shape index (κ3) is 4.11. The number of anilines is 1. The van der Waals surface area contributed by atoms with Gasteiger partial charge in [-0.3, -0.25) is 9.69 Å². The zero-order chi connectivity index (χ0) is 20.6. The molecule has 0 aliphatic carbocycles. The number of fused-ring (bicyclic) bond motifs is 1. The summed E-state index contributed by atoms with van der Waals surface area (Å²) in [6.45, 7) is 0.781. The van der Waals surface area contributed by atoms with Crippen LogP contribution >= 0.6 is 11.3 Å². The normalized spacial score (nSPS) is 17.0. The van der Waals surface area contributed by atoms with Gasteiger partial charge in [0.1, 0.15) is 11.3 Å². The van der Waals surface area contributed by atoms with Crippen LogP contribution in [0.3, 0.4) is 0 Å². The quantitative estimate of drug-likeness (QED) is 0.535. The van der Waals surface area contributed by atoms with Gasteiger partial charge in [0.2, 0.25) is 0 Å². The van der Waals surface area contributed by atoms with Crippen molar-refractivity contribution in [1.29, 1.82) is 0 Å². The summed E-state index contributed by atoms with van der Waals surface area (Å²) in [6, 6.07) is 8.57. The molecule has 0 saturated carbocycles. The minimum absolute atomic E-state index is 0.0933. The van der Waals surface area contributed by atoms with Gasteiger partial charge >= 0.3 is 6.18 Å². The van der Waals surface area contributed by atoms with Gasteiger partial charge < -0.3 is 4.74 Å². The molecule has 1 aliphatic heterocycles. The van der Waals surface area contributed by atoms with E-state index in [-0.39, 0.29) is 28.9 Å². The van der Waals surface area contributed by atoms with Gasteiger partial charge in [-0.25, -0.2) is 9.37 Å². The average Bonchev–Trinajstić information content (AvgIpc) is 3.35. The van der Waals surface area contributed by atoms with Crippen molar-refractivity contribution in [2.24, 2.45) is 0 Å². The molecule has 29 heavy (non-hydrogen) atoms. The molecule has 1 amide bonds. The van der Waals surface area contributed by atoms with Crippen molar-refractivity contribution in [2.75, 3.05) is 18.1 Å². The van der Waals surface area contributed by atoms with Crippen molar-refractivity contribution in [1.82, 2.24) is 4.98 Å². The van der Waals surface area contributed by atoms with Crippen LogP contribution in [0.25, 0.3) is 10.2 Å². The molecule has 3 aromatic rings. The smallest absolute Gasteiger partial charge is 0.376 e. The van der Waals surface area contributed by atoms with Gasteiger partial charge in [-0.2, -0.15) is 13.2 Å². The number of ether oxygens (including phenoxy) is 1. The third-order valence-electron chi connectivity index (χ3n) is 4.70. The van der Waals surface area contributed by atoms with E-state index in [1.807, 2.05) is 0 Å². The van der Waals surface area contributed by atoms with Crippen LogP contribution in [-0.2, 0) is 10.9 Å². The lowest BCUT2D eigenvalue weighted by atomic mass is 10.1. The van der Waals surface area contributed by atoms with Gasteiger partial charge in [0.25, 0.3) is 5.91 Å². The lowest BCUT2D eigenvalue weighted by molar-refractivity contribution is -0.137. The summed E-state index contributed by atoms with van der Waals surface area (Å²) in [5, 5.41) is 0.283. The Morgan fingerprint density at radius 2 is 1.97 bits per heavy atom. The minimum atomic E-state index is -4.48. The summed E-state index contributed by atoms with van der Waals surface area (Å²) >= 11 is 1.15. The zero-order valence-corrected chi connectivity index (χ0v) is 15.9. The summed E-state index contributed by atoms with van der Waals surface area (Å²) in [5.74, 6) is -1.00. The first-order chi connectivity index (χ1) is 13.8. The Hall–Kier alpha value is -2.52. The highest BCUT2D eigenvalue weighted by Gasteiger charge is 2.31. The van der Waals surface area contributed by atoms with Crippen LogP contribution in [0, 0.1) is 5.82 Å². The predicted molar refractivity (Wildman–Crippen MR) is 102 cm³/mol.